The maximum absolute atomic E-state index is 5.50. The Morgan fingerprint density at radius 3 is 1.87 bits per heavy atom. The number of hydrogen-bond acceptors (Lipinski definition) is 4. The quantitative estimate of drug-likeness (QED) is 0.797. The Morgan fingerprint density at radius 1 is 1.00 bits per heavy atom. The number of methoxy groups -OCH3 is 3. The Labute approximate surface area is 89.9 Å². The van der Waals surface area contributed by atoms with E-state index in [2.05, 4.69) is 0 Å². The largest absolute Gasteiger partial charge is 0.493 e. The van der Waals surface area contributed by atoms with Gasteiger partial charge >= 0.3 is 0 Å². The zero-order chi connectivity index (χ0) is 11.3. The summed E-state index contributed by atoms with van der Waals surface area (Å²) in [6.07, 6.45) is 0.788. The number of ether oxygens (including phenoxy) is 3. The molecule has 15 heavy (non-hydrogen) atoms. The van der Waals surface area contributed by atoms with Gasteiger partial charge in [0.15, 0.2) is 11.5 Å². The van der Waals surface area contributed by atoms with Gasteiger partial charge in [-0.15, -0.1) is 0 Å². The molecule has 0 aliphatic heterocycles. The molecular formula is C11H17NO3. The first-order chi connectivity index (χ1) is 7.26. The van der Waals surface area contributed by atoms with Crippen LogP contribution in [-0.2, 0) is 6.42 Å². The molecule has 0 aromatic heterocycles. The summed E-state index contributed by atoms with van der Waals surface area (Å²) >= 11 is 0. The molecule has 0 fully saturated rings. The highest BCUT2D eigenvalue weighted by atomic mass is 16.5. The molecule has 1 rings (SSSR count). The fraction of sp³-hybridized carbons (Fsp3) is 0.455. The molecular weight excluding hydrogens is 195 g/mol. The van der Waals surface area contributed by atoms with E-state index in [1.165, 1.54) is 0 Å². The molecule has 4 heteroatoms. The summed E-state index contributed by atoms with van der Waals surface area (Å²) in [5, 5.41) is 0. The average molecular weight is 212 g/mol. The van der Waals surface area contributed by atoms with Crippen molar-refractivity contribution >= 4 is 0 Å². The Morgan fingerprint density at radius 2 is 1.53 bits per heavy atom. The van der Waals surface area contributed by atoms with Crippen LogP contribution in [0.15, 0.2) is 12.1 Å². The normalized spacial score (nSPS) is 9.87. The highest BCUT2D eigenvalue weighted by Gasteiger charge is 2.12. The molecule has 0 aliphatic rings. The van der Waals surface area contributed by atoms with Crippen LogP contribution >= 0.6 is 0 Å². The summed E-state index contributed by atoms with van der Waals surface area (Å²) in [6.45, 7) is 0.596. The second kappa shape index (κ2) is 5.46. The lowest BCUT2D eigenvalue weighted by molar-refractivity contribution is 0.324. The molecule has 4 nitrogen and oxygen atoms in total. The highest BCUT2D eigenvalue weighted by Crippen LogP contribution is 2.38. The van der Waals surface area contributed by atoms with E-state index in [4.69, 9.17) is 19.9 Å². The fourth-order valence-corrected chi connectivity index (χ4v) is 1.45. The number of benzene rings is 1. The summed E-state index contributed by atoms with van der Waals surface area (Å²) in [5.74, 6) is 1.95. The van der Waals surface area contributed by atoms with Crippen molar-refractivity contribution < 1.29 is 14.2 Å². The molecule has 0 saturated carbocycles. The van der Waals surface area contributed by atoms with Crippen LogP contribution in [0, 0.1) is 0 Å². The van der Waals surface area contributed by atoms with E-state index in [-0.39, 0.29) is 0 Å². The first-order valence-electron chi connectivity index (χ1n) is 4.75. The van der Waals surface area contributed by atoms with Gasteiger partial charge in [0, 0.05) is 0 Å². The Bertz CT molecular complexity index is 301. The lowest BCUT2D eigenvalue weighted by Crippen LogP contribution is -2.04. The summed E-state index contributed by atoms with van der Waals surface area (Å²) in [7, 11) is 4.79. The minimum Gasteiger partial charge on any atom is -0.493 e. The third-order valence-corrected chi connectivity index (χ3v) is 2.16. The smallest absolute Gasteiger partial charge is 0.203 e. The Hall–Kier alpha value is -1.42. The van der Waals surface area contributed by atoms with E-state index in [1.54, 1.807) is 21.3 Å². The standard InChI is InChI=1S/C11H17NO3/c1-13-9-6-8(4-5-12)7-10(14-2)11(9)15-3/h6-7H,4-5,12H2,1-3H3/i6+1. The Kier molecular flexibility index (Phi) is 4.24. The van der Waals surface area contributed by atoms with E-state index >= 15 is 0 Å². The van der Waals surface area contributed by atoms with Gasteiger partial charge in [0.1, 0.15) is 0 Å². The average Bonchev–Trinajstić information content (AvgIpc) is 2.28. The van der Waals surface area contributed by atoms with Crippen molar-refractivity contribution in [2.45, 2.75) is 6.42 Å². The molecule has 0 bridgehead atoms. The van der Waals surface area contributed by atoms with Crippen molar-refractivity contribution in [3.05, 3.63) is 17.7 Å². The van der Waals surface area contributed by atoms with Gasteiger partial charge in [-0.25, -0.2) is 0 Å². The van der Waals surface area contributed by atoms with E-state index in [0.29, 0.717) is 23.8 Å². The molecule has 2 N–H and O–H groups in total. The first-order valence-corrected chi connectivity index (χ1v) is 4.75. The van der Waals surface area contributed by atoms with Crippen molar-refractivity contribution in [2.24, 2.45) is 5.73 Å². The lowest BCUT2D eigenvalue weighted by Gasteiger charge is -2.13. The topological polar surface area (TPSA) is 53.7 Å². The minimum absolute atomic E-state index is 0.596. The van der Waals surface area contributed by atoms with Crippen LogP contribution < -0.4 is 19.9 Å². The van der Waals surface area contributed by atoms with E-state index < -0.39 is 0 Å². The summed E-state index contributed by atoms with van der Waals surface area (Å²) < 4.78 is 15.6. The molecule has 0 amide bonds. The summed E-state index contributed by atoms with van der Waals surface area (Å²) in [4.78, 5) is 0. The van der Waals surface area contributed by atoms with E-state index in [1.807, 2.05) is 12.1 Å². The molecule has 0 spiro atoms. The molecule has 0 aliphatic carbocycles. The highest BCUT2D eigenvalue weighted by molar-refractivity contribution is 5.53. The third kappa shape index (κ3) is 2.53. The van der Waals surface area contributed by atoms with Gasteiger partial charge in [0.05, 0.1) is 21.3 Å². The predicted molar refractivity (Wildman–Crippen MR) is 58.9 cm³/mol. The number of nitrogens with two attached hydrogens (primary N) is 1. The predicted octanol–water partition coefficient (Wildman–Crippen LogP) is 1.21. The maximum atomic E-state index is 5.50. The number of hydrogen-bond donors (Lipinski definition) is 1. The van der Waals surface area contributed by atoms with Crippen LogP contribution in [0.4, 0.5) is 0 Å². The van der Waals surface area contributed by atoms with Crippen LogP contribution in [0.25, 0.3) is 0 Å². The zero-order valence-electron chi connectivity index (χ0n) is 9.37. The van der Waals surface area contributed by atoms with Gasteiger partial charge in [0.25, 0.3) is 0 Å². The molecule has 1 aromatic rings. The van der Waals surface area contributed by atoms with Crippen LogP contribution in [0.5, 0.6) is 17.2 Å². The second-order valence-corrected chi connectivity index (χ2v) is 3.07. The van der Waals surface area contributed by atoms with Gasteiger partial charge in [0.2, 0.25) is 5.75 Å². The van der Waals surface area contributed by atoms with Gasteiger partial charge in [-0.05, 0) is 30.7 Å². The summed E-state index contributed by atoms with van der Waals surface area (Å²) in [5.41, 5.74) is 6.58. The molecule has 0 saturated heterocycles. The van der Waals surface area contributed by atoms with Gasteiger partial charge in [-0.3, -0.25) is 0 Å². The molecule has 84 valence electrons. The van der Waals surface area contributed by atoms with Crippen LogP contribution in [-0.4, -0.2) is 27.9 Å². The Balaban J connectivity index is 3.16. The van der Waals surface area contributed by atoms with Crippen molar-refractivity contribution in [3.63, 3.8) is 0 Å². The second-order valence-electron chi connectivity index (χ2n) is 3.07. The van der Waals surface area contributed by atoms with Gasteiger partial charge in [-0.1, -0.05) is 0 Å². The van der Waals surface area contributed by atoms with Crippen LogP contribution in [0.1, 0.15) is 5.56 Å². The van der Waals surface area contributed by atoms with E-state index in [0.717, 1.165) is 12.0 Å². The first kappa shape index (κ1) is 11.7. The number of rotatable bonds is 5. The molecule has 0 unspecified atom stereocenters. The molecule has 0 atom stereocenters. The van der Waals surface area contributed by atoms with Gasteiger partial charge in [-0.2, -0.15) is 0 Å². The zero-order valence-corrected chi connectivity index (χ0v) is 9.37. The monoisotopic (exact) mass is 212 g/mol. The van der Waals surface area contributed by atoms with Gasteiger partial charge < -0.3 is 19.9 Å². The minimum atomic E-state index is 0.596. The molecule has 0 heterocycles. The van der Waals surface area contributed by atoms with Crippen molar-refractivity contribution in [2.75, 3.05) is 27.9 Å². The van der Waals surface area contributed by atoms with Crippen LogP contribution in [0.3, 0.4) is 0 Å². The molecule has 1 aromatic carbocycles. The fourth-order valence-electron chi connectivity index (χ4n) is 1.45. The summed E-state index contributed by atoms with van der Waals surface area (Å²) in [6, 6.07) is 3.82. The van der Waals surface area contributed by atoms with Crippen molar-refractivity contribution in [1.82, 2.24) is 0 Å². The maximum Gasteiger partial charge on any atom is 0.203 e. The van der Waals surface area contributed by atoms with Crippen LogP contribution in [0.2, 0.25) is 0 Å². The third-order valence-electron chi connectivity index (χ3n) is 2.16. The van der Waals surface area contributed by atoms with Crippen molar-refractivity contribution in [3.8, 4) is 17.2 Å². The SMILES string of the molecule is COc1cc(CCN)[13cH]c(OC)c1OC. The van der Waals surface area contributed by atoms with Crippen molar-refractivity contribution in [1.29, 1.82) is 0 Å². The lowest BCUT2D eigenvalue weighted by atomic mass is 10.2. The molecule has 0 radical (unpaired) electrons. The van der Waals surface area contributed by atoms with E-state index in [9.17, 15) is 0 Å².